The molecule has 1 saturated heterocycles. The molecule has 0 spiro atoms. The number of unbranched alkanes of at least 4 members (excludes halogenated alkanes) is 1. The molecule has 5 aromatic rings. The van der Waals surface area contributed by atoms with Crippen LogP contribution in [0.1, 0.15) is 47.9 Å². The first kappa shape index (κ1) is 29.6. The molecule has 0 bridgehead atoms. The van der Waals surface area contributed by atoms with Crippen LogP contribution < -0.4 is 0 Å². The molecule has 2 heterocycles. The standard InChI is InChI=1S/C36H37N5O2S/c1-27-26-39(22-23-40(27)35(43)32-20-12-16-29-15-8-9-19-31(29)32)34(42)21-10-11-24-44-36-38-37-33(25-28-13-4-2-5-14-28)41(36)30-17-6-3-7-18-30/h2-9,12-20,27H,10-11,21-26H2,1H3. The fraction of sp³-hybridized carbons (Fsp3) is 0.278. The largest absolute Gasteiger partial charge is 0.339 e. The average molecular weight is 604 g/mol. The lowest BCUT2D eigenvalue weighted by molar-refractivity contribution is -0.133. The summed E-state index contributed by atoms with van der Waals surface area (Å²) >= 11 is 1.68. The zero-order valence-corrected chi connectivity index (χ0v) is 25.8. The topological polar surface area (TPSA) is 71.3 Å². The smallest absolute Gasteiger partial charge is 0.254 e. The molecule has 2 amide bonds. The van der Waals surface area contributed by atoms with E-state index in [2.05, 4.69) is 39.0 Å². The number of carbonyl (C=O) groups is 2. The van der Waals surface area contributed by atoms with Gasteiger partial charge < -0.3 is 9.80 Å². The van der Waals surface area contributed by atoms with Gasteiger partial charge in [0.2, 0.25) is 5.91 Å². The minimum Gasteiger partial charge on any atom is -0.339 e. The number of hydrogen-bond donors (Lipinski definition) is 0. The number of rotatable bonds is 10. The predicted octanol–water partition coefficient (Wildman–Crippen LogP) is 6.65. The molecule has 7 nitrogen and oxygen atoms in total. The van der Waals surface area contributed by atoms with E-state index in [0.717, 1.165) is 51.6 Å². The first-order valence-corrected chi connectivity index (χ1v) is 16.3. The van der Waals surface area contributed by atoms with Crippen LogP contribution in [0.2, 0.25) is 0 Å². The fourth-order valence-corrected chi connectivity index (χ4v) is 6.84. The molecule has 1 atom stereocenters. The monoisotopic (exact) mass is 603 g/mol. The van der Waals surface area contributed by atoms with Gasteiger partial charge in [0.05, 0.1) is 0 Å². The van der Waals surface area contributed by atoms with Crippen molar-refractivity contribution in [3.05, 3.63) is 120 Å². The van der Waals surface area contributed by atoms with Gasteiger partial charge in [0.25, 0.3) is 5.91 Å². The van der Waals surface area contributed by atoms with E-state index < -0.39 is 0 Å². The second-order valence-corrected chi connectivity index (χ2v) is 12.3. The summed E-state index contributed by atoms with van der Waals surface area (Å²) in [6, 6.07) is 34.4. The number of para-hydroxylation sites is 1. The molecule has 1 aliphatic rings. The molecule has 44 heavy (non-hydrogen) atoms. The summed E-state index contributed by atoms with van der Waals surface area (Å²) in [6.07, 6.45) is 2.93. The Hall–Kier alpha value is -4.43. The SMILES string of the molecule is CC1CN(C(=O)CCCCSc2nnc(Cc3ccccc3)n2-c2ccccc2)CCN1C(=O)c1cccc2ccccc12. The van der Waals surface area contributed by atoms with Gasteiger partial charge in [-0.2, -0.15) is 0 Å². The minimum atomic E-state index is -0.0378. The van der Waals surface area contributed by atoms with E-state index in [-0.39, 0.29) is 17.9 Å². The highest BCUT2D eigenvalue weighted by Gasteiger charge is 2.30. The molecule has 8 heteroatoms. The van der Waals surface area contributed by atoms with Crippen LogP contribution in [0, 0.1) is 0 Å². The van der Waals surface area contributed by atoms with Gasteiger partial charge in [-0.3, -0.25) is 14.2 Å². The van der Waals surface area contributed by atoms with E-state index >= 15 is 0 Å². The normalized spacial score (nSPS) is 15.1. The van der Waals surface area contributed by atoms with Crippen LogP contribution in [0.25, 0.3) is 16.5 Å². The van der Waals surface area contributed by atoms with Crippen molar-refractivity contribution in [1.82, 2.24) is 24.6 Å². The molecule has 4 aromatic carbocycles. The van der Waals surface area contributed by atoms with Crippen LogP contribution in [0.3, 0.4) is 0 Å². The minimum absolute atomic E-state index is 0.0358. The number of amides is 2. The number of thioether (sulfide) groups is 1. The predicted molar refractivity (Wildman–Crippen MR) is 176 cm³/mol. The molecular weight excluding hydrogens is 566 g/mol. The van der Waals surface area contributed by atoms with Crippen LogP contribution in [0.4, 0.5) is 0 Å². The van der Waals surface area contributed by atoms with E-state index in [9.17, 15) is 9.59 Å². The maximum atomic E-state index is 13.5. The van der Waals surface area contributed by atoms with E-state index in [0.29, 0.717) is 32.5 Å². The first-order chi connectivity index (χ1) is 21.6. The molecular formula is C36H37N5O2S. The number of piperazine rings is 1. The zero-order chi connectivity index (χ0) is 30.3. The van der Waals surface area contributed by atoms with Gasteiger partial charge in [0.15, 0.2) is 5.16 Å². The molecule has 1 unspecified atom stereocenters. The maximum Gasteiger partial charge on any atom is 0.254 e. The number of nitrogens with zero attached hydrogens (tertiary/aromatic N) is 5. The van der Waals surface area contributed by atoms with Gasteiger partial charge in [0.1, 0.15) is 5.82 Å². The second kappa shape index (κ2) is 13.9. The van der Waals surface area contributed by atoms with E-state index in [1.165, 1.54) is 5.56 Å². The summed E-state index contributed by atoms with van der Waals surface area (Å²) in [5, 5.41) is 12.0. The summed E-state index contributed by atoms with van der Waals surface area (Å²) in [5.41, 5.74) is 2.97. The molecule has 1 fully saturated rings. The van der Waals surface area contributed by atoms with E-state index in [4.69, 9.17) is 0 Å². The van der Waals surface area contributed by atoms with Crippen molar-refractivity contribution in [3.63, 3.8) is 0 Å². The Morgan fingerprint density at radius 2 is 1.55 bits per heavy atom. The van der Waals surface area contributed by atoms with Gasteiger partial charge in [-0.05, 0) is 54.3 Å². The lowest BCUT2D eigenvalue weighted by atomic mass is 10.0. The van der Waals surface area contributed by atoms with Gasteiger partial charge in [-0.1, -0.05) is 96.7 Å². The van der Waals surface area contributed by atoms with Crippen LogP contribution in [0.5, 0.6) is 0 Å². The quantitative estimate of drug-likeness (QED) is 0.132. The Kier molecular flexibility index (Phi) is 9.37. The Labute approximate surface area is 262 Å². The number of benzene rings is 4. The third-order valence-electron chi connectivity index (χ3n) is 8.20. The highest BCUT2D eigenvalue weighted by Crippen LogP contribution is 2.26. The Morgan fingerprint density at radius 1 is 0.818 bits per heavy atom. The molecule has 6 rings (SSSR count). The van der Waals surface area contributed by atoms with Crippen LogP contribution in [-0.2, 0) is 11.2 Å². The fourth-order valence-electron chi connectivity index (χ4n) is 5.88. The number of carbonyl (C=O) groups excluding carboxylic acids is 2. The highest BCUT2D eigenvalue weighted by atomic mass is 32.2. The number of aromatic nitrogens is 3. The third kappa shape index (κ3) is 6.70. The second-order valence-electron chi connectivity index (χ2n) is 11.3. The highest BCUT2D eigenvalue weighted by molar-refractivity contribution is 7.99. The zero-order valence-electron chi connectivity index (χ0n) is 25.0. The molecule has 0 aliphatic carbocycles. The molecule has 0 saturated carbocycles. The first-order valence-electron chi connectivity index (χ1n) is 15.3. The van der Waals surface area contributed by atoms with Crippen LogP contribution in [-0.4, -0.2) is 67.8 Å². The van der Waals surface area contributed by atoms with Gasteiger partial charge >= 0.3 is 0 Å². The van der Waals surface area contributed by atoms with Crippen molar-refractivity contribution in [2.45, 2.75) is 43.8 Å². The lowest BCUT2D eigenvalue weighted by Crippen LogP contribution is -2.55. The van der Waals surface area contributed by atoms with Gasteiger partial charge in [0, 0.05) is 55.5 Å². The molecule has 0 N–H and O–H groups in total. The van der Waals surface area contributed by atoms with Crippen molar-refractivity contribution >= 4 is 34.3 Å². The third-order valence-corrected chi connectivity index (χ3v) is 9.21. The van der Waals surface area contributed by atoms with Gasteiger partial charge in [-0.15, -0.1) is 10.2 Å². The lowest BCUT2D eigenvalue weighted by Gasteiger charge is -2.40. The molecule has 1 aliphatic heterocycles. The average Bonchev–Trinajstić information content (AvgIpc) is 3.46. The van der Waals surface area contributed by atoms with E-state index in [1.807, 2.05) is 95.6 Å². The summed E-state index contributed by atoms with van der Waals surface area (Å²) in [7, 11) is 0. The Balaban J connectivity index is 1.00. The number of fused-ring (bicyclic) bond motifs is 1. The van der Waals surface area contributed by atoms with Crippen LogP contribution in [0.15, 0.2) is 108 Å². The summed E-state index contributed by atoms with van der Waals surface area (Å²) in [6.45, 7) is 3.71. The van der Waals surface area contributed by atoms with Crippen molar-refractivity contribution in [3.8, 4) is 5.69 Å². The maximum absolute atomic E-state index is 13.5. The summed E-state index contributed by atoms with van der Waals surface area (Å²) < 4.78 is 2.14. The van der Waals surface area contributed by atoms with Crippen molar-refractivity contribution in [2.75, 3.05) is 25.4 Å². The van der Waals surface area contributed by atoms with Crippen molar-refractivity contribution in [2.24, 2.45) is 0 Å². The van der Waals surface area contributed by atoms with Crippen molar-refractivity contribution < 1.29 is 9.59 Å². The summed E-state index contributed by atoms with van der Waals surface area (Å²) in [5.74, 6) is 1.96. The van der Waals surface area contributed by atoms with E-state index in [1.54, 1.807) is 11.8 Å². The van der Waals surface area contributed by atoms with Crippen molar-refractivity contribution in [1.29, 1.82) is 0 Å². The Morgan fingerprint density at radius 3 is 2.34 bits per heavy atom. The molecule has 1 aromatic heterocycles. The Bertz CT molecular complexity index is 1720. The van der Waals surface area contributed by atoms with Crippen LogP contribution >= 0.6 is 11.8 Å². The van der Waals surface area contributed by atoms with Gasteiger partial charge in [-0.25, -0.2) is 0 Å². The summed E-state index contributed by atoms with van der Waals surface area (Å²) in [4.78, 5) is 30.4. The number of hydrogen-bond acceptors (Lipinski definition) is 5. The molecule has 0 radical (unpaired) electrons. The molecule has 224 valence electrons.